The predicted octanol–water partition coefficient (Wildman–Crippen LogP) is 3.35. The number of Topliss-reactive ketones (excluding diaryl/α,β-unsaturated/α-hetero) is 1. The van der Waals surface area contributed by atoms with Crippen LogP contribution in [0.5, 0.6) is 0 Å². The third-order valence-electron chi connectivity index (χ3n) is 4.79. The molecule has 5 atom stereocenters. The van der Waals surface area contributed by atoms with Crippen LogP contribution in [0.4, 0.5) is 0 Å². The average Bonchev–Trinajstić information content (AvgIpc) is 2.48. The Balaban J connectivity index is 2.06. The molecule has 0 saturated heterocycles. The van der Waals surface area contributed by atoms with Crippen LogP contribution in [-0.2, 0) is 4.79 Å². The topological polar surface area (TPSA) is 37.3 Å². The van der Waals surface area contributed by atoms with E-state index in [1.54, 1.807) is 0 Å². The van der Waals surface area contributed by atoms with Gasteiger partial charge < -0.3 is 5.11 Å². The molecule has 0 radical (unpaired) electrons. The van der Waals surface area contributed by atoms with Crippen molar-refractivity contribution in [2.75, 3.05) is 0 Å². The van der Waals surface area contributed by atoms with Crippen LogP contribution in [0, 0.1) is 23.7 Å². The standard InChI is InChI=1S/C16H26O2/c1-10-6-13(5-4-11(2)17)8-15-12(3)16(18)9-14(15)7-10/h6,10-12,14-15,17H,4-5,7-9H2,1-3H3/t10-,11?,12+,14-,15-/m1/s1. The molecule has 0 bridgehead atoms. The molecule has 1 unspecified atom stereocenters. The zero-order valence-electron chi connectivity index (χ0n) is 11.9. The minimum absolute atomic E-state index is 0.220. The maximum Gasteiger partial charge on any atom is 0.136 e. The lowest BCUT2D eigenvalue weighted by molar-refractivity contribution is -0.120. The third-order valence-corrected chi connectivity index (χ3v) is 4.79. The summed E-state index contributed by atoms with van der Waals surface area (Å²) >= 11 is 0. The number of ketones is 1. The molecule has 0 heterocycles. The molecule has 0 spiro atoms. The second-order valence-corrected chi connectivity index (χ2v) is 6.51. The first kappa shape index (κ1) is 13.8. The fraction of sp³-hybridized carbons (Fsp3) is 0.812. The highest BCUT2D eigenvalue weighted by atomic mass is 16.3. The van der Waals surface area contributed by atoms with Gasteiger partial charge in [-0.15, -0.1) is 0 Å². The highest BCUT2D eigenvalue weighted by Gasteiger charge is 2.40. The van der Waals surface area contributed by atoms with Crippen molar-refractivity contribution in [2.45, 2.75) is 59.0 Å². The van der Waals surface area contributed by atoms with Gasteiger partial charge in [-0.2, -0.15) is 0 Å². The average molecular weight is 250 g/mol. The second-order valence-electron chi connectivity index (χ2n) is 6.51. The summed E-state index contributed by atoms with van der Waals surface area (Å²) in [6.45, 7) is 6.22. The first-order valence-corrected chi connectivity index (χ1v) is 7.37. The largest absolute Gasteiger partial charge is 0.393 e. The normalized spacial score (nSPS) is 38.0. The molecular formula is C16H26O2. The summed E-state index contributed by atoms with van der Waals surface area (Å²) in [5, 5.41) is 9.42. The summed E-state index contributed by atoms with van der Waals surface area (Å²) in [5.74, 6) is 2.46. The molecule has 2 rings (SSSR count). The van der Waals surface area contributed by atoms with Crippen molar-refractivity contribution in [3.63, 3.8) is 0 Å². The number of aliphatic hydroxyl groups excluding tert-OH is 1. The number of rotatable bonds is 3. The molecule has 0 amide bonds. The molecule has 2 aliphatic rings. The second kappa shape index (κ2) is 5.56. The molecule has 0 aromatic carbocycles. The number of allylic oxidation sites excluding steroid dienone is 2. The van der Waals surface area contributed by atoms with Gasteiger partial charge in [-0.25, -0.2) is 0 Å². The quantitative estimate of drug-likeness (QED) is 0.780. The Bertz CT molecular complexity index is 343. The van der Waals surface area contributed by atoms with Crippen molar-refractivity contribution in [1.29, 1.82) is 0 Å². The van der Waals surface area contributed by atoms with E-state index in [1.807, 2.05) is 6.92 Å². The predicted molar refractivity (Wildman–Crippen MR) is 73.2 cm³/mol. The Kier molecular flexibility index (Phi) is 4.26. The third kappa shape index (κ3) is 3.03. The number of carbonyl (C=O) groups is 1. The van der Waals surface area contributed by atoms with Gasteiger partial charge in [0, 0.05) is 12.3 Å². The van der Waals surface area contributed by atoms with Crippen molar-refractivity contribution in [2.24, 2.45) is 23.7 Å². The first-order valence-electron chi connectivity index (χ1n) is 7.37. The molecule has 18 heavy (non-hydrogen) atoms. The smallest absolute Gasteiger partial charge is 0.136 e. The number of hydrogen-bond acceptors (Lipinski definition) is 2. The van der Waals surface area contributed by atoms with Gasteiger partial charge in [0.1, 0.15) is 5.78 Å². The summed E-state index contributed by atoms with van der Waals surface area (Å²) < 4.78 is 0. The van der Waals surface area contributed by atoms with E-state index in [4.69, 9.17) is 0 Å². The SMILES string of the molecule is CC(O)CCC1=C[C@@H](C)C[C@@H]2CC(=O)[C@@H](C)[C@H]2C1. The fourth-order valence-electron chi connectivity index (χ4n) is 3.74. The van der Waals surface area contributed by atoms with Crippen LogP contribution < -0.4 is 0 Å². The molecule has 1 N–H and O–H groups in total. The van der Waals surface area contributed by atoms with Gasteiger partial charge in [0.15, 0.2) is 0 Å². The molecule has 1 saturated carbocycles. The van der Waals surface area contributed by atoms with Crippen molar-refractivity contribution in [3.05, 3.63) is 11.6 Å². The zero-order chi connectivity index (χ0) is 13.3. The van der Waals surface area contributed by atoms with Gasteiger partial charge in [0.2, 0.25) is 0 Å². The van der Waals surface area contributed by atoms with Crippen LogP contribution >= 0.6 is 0 Å². The summed E-state index contributed by atoms with van der Waals surface area (Å²) in [6, 6.07) is 0. The lowest BCUT2D eigenvalue weighted by Gasteiger charge is -2.21. The molecule has 2 aliphatic carbocycles. The molecular weight excluding hydrogens is 224 g/mol. The van der Waals surface area contributed by atoms with Crippen LogP contribution in [0.2, 0.25) is 0 Å². The molecule has 1 fully saturated rings. The number of carbonyl (C=O) groups excluding carboxylic acids is 1. The van der Waals surface area contributed by atoms with E-state index < -0.39 is 0 Å². The van der Waals surface area contributed by atoms with Crippen molar-refractivity contribution >= 4 is 5.78 Å². The molecule has 102 valence electrons. The maximum absolute atomic E-state index is 11.9. The first-order chi connectivity index (χ1) is 8.47. The molecule has 0 aromatic heterocycles. The maximum atomic E-state index is 11.9. The highest BCUT2D eigenvalue weighted by Crippen LogP contribution is 2.44. The van der Waals surface area contributed by atoms with Crippen LogP contribution in [0.3, 0.4) is 0 Å². The van der Waals surface area contributed by atoms with Crippen molar-refractivity contribution in [1.82, 2.24) is 0 Å². The van der Waals surface area contributed by atoms with Crippen molar-refractivity contribution in [3.8, 4) is 0 Å². The summed E-state index contributed by atoms with van der Waals surface area (Å²) in [5.41, 5.74) is 1.47. The number of fused-ring (bicyclic) bond motifs is 1. The molecule has 2 nitrogen and oxygen atoms in total. The Morgan fingerprint density at radius 2 is 2.11 bits per heavy atom. The minimum Gasteiger partial charge on any atom is -0.393 e. The van der Waals surface area contributed by atoms with Crippen LogP contribution in [0.1, 0.15) is 52.9 Å². The minimum atomic E-state index is -0.220. The van der Waals surface area contributed by atoms with E-state index in [0.29, 0.717) is 23.5 Å². The Morgan fingerprint density at radius 3 is 2.78 bits per heavy atom. The Morgan fingerprint density at radius 1 is 1.39 bits per heavy atom. The molecule has 2 heteroatoms. The van der Waals surface area contributed by atoms with E-state index in [-0.39, 0.29) is 12.0 Å². The van der Waals surface area contributed by atoms with Gasteiger partial charge in [-0.05, 0) is 50.4 Å². The summed E-state index contributed by atoms with van der Waals surface area (Å²) in [6.07, 6.45) is 7.06. The van der Waals surface area contributed by atoms with Gasteiger partial charge in [0.25, 0.3) is 0 Å². The van der Waals surface area contributed by atoms with E-state index in [1.165, 1.54) is 12.0 Å². The highest BCUT2D eigenvalue weighted by molar-refractivity contribution is 5.83. The zero-order valence-corrected chi connectivity index (χ0v) is 11.9. The van der Waals surface area contributed by atoms with E-state index >= 15 is 0 Å². The fourth-order valence-corrected chi connectivity index (χ4v) is 3.74. The summed E-state index contributed by atoms with van der Waals surface area (Å²) in [4.78, 5) is 11.9. The Labute approximate surface area is 110 Å². The van der Waals surface area contributed by atoms with Gasteiger partial charge in [-0.3, -0.25) is 4.79 Å². The van der Waals surface area contributed by atoms with Gasteiger partial charge in [0.05, 0.1) is 6.10 Å². The lowest BCUT2D eigenvalue weighted by atomic mass is 9.83. The van der Waals surface area contributed by atoms with E-state index in [0.717, 1.165) is 25.7 Å². The summed E-state index contributed by atoms with van der Waals surface area (Å²) in [7, 11) is 0. The number of aliphatic hydroxyl groups is 1. The Hall–Kier alpha value is -0.630. The van der Waals surface area contributed by atoms with Crippen LogP contribution in [0.25, 0.3) is 0 Å². The monoisotopic (exact) mass is 250 g/mol. The van der Waals surface area contributed by atoms with Gasteiger partial charge >= 0.3 is 0 Å². The number of hydrogen-bond donors (Lipinski definition) is 1. The molecule has 0 aliphatic heterocycles. The van der Waals surface area contributed by atoms with Crippen molar-refractivity contribution < 1.29 is 9.90 Å². The lowest BCUT2D eigenvalue weighted by Crippen LogP contribution is -2.15. The van der Waals surface area contributed by atoms with E-state index in [2.05, 4.69) is 19.9 Å². The van der Waals surface area contributed by atoms with E-state index in [9.17, 15) is 9.90 Å². The molecule has 0 aromatic rings. The van der Waals surface area contributed by atoms with Gasteiger partial charge in [-0.1, -0.05) is 25.5 Å². The van der Waals surface area contributed by atoms with Crippen LogP contribution in [-0.4, -0.2) is 17.0 Å². The van der Waals surface area contributed by atoms with Crippen LogP contribution in [0.15, 0.2) is 11.6 Å².